The van der Waals surface area contributed by atoms with Crippen LogP contribution in [-0.2, 0) is 13.1 Å². The van der Waals surface area contributed by atoms with E-state index >= 15 is 0 Å². The van der Waals surface area contributed by atoms with E-state index in [-0.39, 0.29) is 5.02 Å². The Hall–Kier alpha value is -1.39. The molecule has 0 saturated heterocycles. The maximum atomic E-state index is 13.2. The Morgan fingerprint density at radius 2 is 2.10 bits per heavy atom. The number of rotatable bonds is 6. The lowest BCUT2D eigenvalue weighted by atomic mass is 10.2. The largest absolute Gasteiger partial charge is 0.313 e. The second-order valence-corrected chi connectivity index (χ2v) is 5.64. The first-order chi connectivity index (χ1) is 10.0. The minimum Gasteiger partial charge on any atom is -0.313 e. The fourth-order valence-electron chi connectivity index (χ4n) is 2.34. The maximum Gasteiger partial charge on any atom is 0.141 e. The van der Waals surface area contributed by atoms with Gasteiger partial charge in [-0.15, -0.1) is 0 Å². The predicted octanol–water partition coefficient (Wildman–Crippen LogP) is 3.84. The summed E-state index contributed by atoms with van der Waals surface area (Å²) in [5, 5.41) is 8.13. The van der Waals surface area contributed by atoms with Gasteiger partial charge in [-0.25, -0.2) is 4.39 Å². The summed E-state index contributed by atoms with van der Waals surface area (Å²) in [6, 6.07) is 4.79. The van der Waals surface area contributed by atoms with Crippen LogP contribution in [0.25, 0.3) is 0 Å². The molecule has 21 heavy (non-hydrogen) atoms. The Kier molecular flexibility index (Phi) is 5.37. The average Bonchev–Trinajstić information content (AvgIpc) is 2.70. The van der Waals surface area contributed by atoms with Gasteiger partial charge in [0.1, 0.15) is 5.82 Å². The second-order valence-electron chi connectivity index (χ2n) is 5.23. The van der Waals surface area contributed by atoms with Crippen LogP contribution in [0.15, 0.2) is 18.2 Å². The third kappa shape index (κ3) is 3.83. The first kappa shape index (κ1) is 16.0. The van der Waals surface area contributed by atoms with Gasteiger partial charge in [-0.3, -0.25) is 4.68 Å². The van der Waals surface area contributed by atoms with Crippen molar-refractivity contribution in [2.45, 2.75) is 40.3 Å². The molecule has 114 valence electrons. The fourth-order valence-corrected chi connectivity index (χ4v) is 2.55. The Balaban J connectivity index is 2.16. The van der Waals surface area contributed by atoms with Gasteiger partial charge >= 0.3 is 0 Å². The highest BCUT2D eigenvalue weighted by molar-refractivity contribution is 6.30. The highest BCUT2D eigenvalue weighted by Gasteiger charge is 2.11. The van der Waals surface area contributed by atoms with Crippen LogP contribution < -0.4 is 5.32 Å². The molecule has 2 aromatic rings. The summed E-state index contributed by atoms with van der Waals surface area (Å²) in [6.45, 7) is 8.65. The SMILES string of the molecule is CCCNCc1c(C)nn(Cc2ccc(F)c(Cl)c2)c1C. The molecule has 0 saturated carbocycles. The number of halogens is 2. The van der Waals surface area contributed by atoms with Crippen LogP contribution in [-0.4, -0.2) is 16.3 Å². The molecule has 0 spiro atoms. The normalized spacial score (nSPS) is 11.1. The quantitative estimate of drug-likeness (QED) is 0.822. The van der Waals surface area contributed by atoms with E-state index in [0.29, 0.717) is 6.54 Å². The highest BCUT2D eigenvalue weighted by atomic mass is 35.5. The number of hydrogen-bond acceptors (Lipinski definition) is 2. The van der Waals surface area contributed by atoms with Gasteiger partial charge in [0.25, 0.3) is 0 Å². The van der Waals surface area contributed by atoms with Gasteiger partial charge in [0.15, 0.2) is 0 Å². The van der Waals surface area contributed by atoms with Crippen molar-refractivity contribution >= 4 is 11.6 Å². The standard InChI is InChI=1S/C16H21ClFN3/c1-4-7-19-9-14-11(2)20-21(12(14)3)10-13-5-6-16(18)15(17)8-13/h5-6,8,19H,4,7,9-10H2,1-3H3. The van der Waals surface area contributed by atoms with Crippen molar-refractivity contribution in [3.8, 4) is 0 Å². The van der Waals surface area contributed by atoms with E-state index < -0.39 is 5.82 Å². The summed E-state index contributed by atoms with van der Waals surface area (Å²) >= 11 is 5.83. The fraction of sp³-hybridized carbons (Fsp3) is 0.438. The molecule has 1 heterocycles. The summed E-state index contributed by atoms with van der Waals surface area (Å²) in [4.78, 5) is 0. The Morgan fingerprint density at radius 1 is 1.33 bits per heavy atom. The van der Waals surface area contributed by atoms with Crippen LogP contribution in [0.3, 0.4) is 0 Å². The first-order valence-electron chi connectivity index (χ1n) is 7.20. The third-order valence-electron chi connectivity index (χ3n) is 3.58. The molecular weight excluding hydrogens is 289 g/mol. The molecule has 0 aliphatic heterocycles. The van der Waals surface area contributed by atoms with Gasteiger partial charge in [-0.1, -0.05) is 24.6 Å². The molecule has 5 heteroatoms. The molecule has 0 aliphatic carbocycles. The van der Waals surface area contributed by atoms with Crippen LogP contribution in [0.5, 0.6) is 0 Å². The van der Waals surface area contributed by atoms with Crippen molar-refractivity contribution in [3.05, 3.63) is 51.6 Å². The molecule has 1 N–H and O–H groups in total. The number of aryl methyl sites for hydroxylation is 1. The van der Waals surface area contributed by atoms with E-state index in [2.05, 4.69) is 24.3 Å². The van der Waals surface area contributed by atoms with Crippen LogP contribution in [0.2, 0.25) is 5.02 Å². The smallest absolute Gasteiger partial charge is 0.141 e. The molecule has 1 aromatic carbocycles. The minimum absolute atomic E-state index is 0.152. The summed E-state index contributed by atoms with van der Waals surface area (Å²) in [5.41, 5.74) is 4.34. The van der Waals surface area contributed by atoms with Gasteiger partial charge in [-0.2, -0.15) is 5.10 Å². The topological polar surface area (TPSA) is 29.9 Å². The molecule has 1 aromatic heterocycles. The van der Waals surface area contributed by atoms with Crippen LogP contribution in [0.4, 0.5) is 4.39 Å². The molecule has 0 atom stereocenters. The van der Waals surface area contributed by atoms with E-state index in [1.54, 1.807) is 12.1 Å². The maximum absolute atomic E-state index is 13.2. The Labute approximate surface area is 130 Å². The number of nitrogens with one attached hydrogen (secondary N) is 1. The summed E-state index contributed by atoms with van der Waals surface area (Å²) in [5.74, 6) is -0.391. The highest BCUT2D eigenvalue weighted by Crippen LogP contribution is 2.19. The summed E-state index contributed by atoms with van der Waals surface area (Å²) in [7, 11) is 0. The van der Waals surface area contributed by atoms with Crippen molar-refractivity contribution in [1.82, 2.24) is 15.1 Å². The van der Waals surface area contributed by atoms with Crippen LogP contribution >= 0.6 is 11.6 Å². The number of benzene rings is 1. The molecule has 2 rings (SSSR count). The lowest BCUT2D eigenvalue weighted by Gasteiger charge is -2.07. The van der Waals surface area contributed by atoms with Crippen molar-refractivity contribution in [1.29, 1.82) is 0 Å². The molecule has 3 nitrogen and oxygen atoms in total. The van der Waals surface area contributed by atoms with E-state index in [9.17, 15) is 4.39 Å². The molecule has 0 aliphatic rings. The van der Waals surface area contributed by atoms with E-state index in [1.807, 2.05) is 11.6 Å². The van der Waals surface area contributed by atoms with Crippen molar-refractivity contribution in [2.75, 3.05) is 6.54 Å². The van der Waals surface area contributed by atoms with E-state index in [1.165, 1.54) is 11.6 Å². The van der Waals surface area contributed by atoms with Crippen molar-refractivity contribution in [3.63, 3.8) is 0 Å². The van der Waals surface area contributed by atoms with Crippen molar-refractivity contribution in [2.24, 2.45) is 0 Å². The second kappa shape index (κ2) is 7.05. The van der Waals surface area contributed by atoms with E-state index in [0.717, 1.165) is 36.5 Å². The van der Waals surface area contributed by atoms with Crippen LogP contribution in [0.1, 0.15) is 35.9 Å². The lowest BCUT2D eigenvalue weighted by Crippen LogP contribution is -2.15. The Bertz CT molecular complexity index is 622. The summed E-state index contributed by atoms with van der Waals surface area (Å²) < 4.78 is 15.1. The van der Waals surface area contributed by atoms with E-state index in [4.69, 9.17) is 11.6 Å². The third-order valence-corrected chi connectivity index (χ3v) is 3.87. The van der Waals surface area contributed by atoms with Crippen LogP contribution in [0, 0.1) is 19.7 Å². The molecular formula is C16H21ClFN3. The first-order valence-corrected chi connectivity index (χ1v) is 7.58. The zero-order chi connectivity index (χ0) is 15.4. The lowest BCUT2D eigenvalue weighted by molar-refractivity contribution is 0.622. The van der Waals surface area contributed by atoms with Gasteiger partial charge in [0.2, 0.25) is 0 Å². The van der Waals surface area contributed by atoms with Gasteiger partial charge in [0, 0.05) is 17.8 Å². The number of hydrogen-bond donors (Lipinski definition) is 1. The van der Waals surface area contributed by atoms with Gasteiger partial charge in [0.05, 0.1) is 17.3 Å². The monoisotopic (exact) mass is 309 g/mol. The molecule has 0 radical (unpaired) electrons. The Morgan fingerprint density at radius 3 is 2.76 bits per heavy atom. The summed E-state index contributed by atoms with van der Waals surface area (Å²) in [6.07, 6.45) is 1.11. The average molecular weight is 310 g/mol. The molecule has 0 amide bonds. The zero-order valence-electron chi connectivity index (χ0n) is 12.7. The molecule has 0 bridgehead atoms. The predicted molar refractivity (Wildman–Crippen MR) is 84.2 cm³/mol. The number of nitrogens with zero attached hydrogens (tertiary/aromatic N) is 2. The van der Waals surface area contributed by atoms with Gasteiger partial charge in [-0.05, 0) is 44.5 Å². The number of aromatic nitrogens is 2. The zero-order valence-corrected chi connectivity index (χ0v) is 13.5. The van der Waals surface area contributed by atoms with Crippen molar-refractivity contribution < 1.29 is 4.39 Å². The molecule has 0 unspecified atom stereocenters. The minimum atomic E-state index is -0.391. The molecule has 0 fully saturated rings. The van der Waals surface area contributed by atoms with Gasteiger partial charge < -0.3 is 5.32 Å².